The van der Waals surface area contributed by atoms with Gasteiger partial charge in [-0.2, -0.15) is 0 Å². The third-order valence-corrected chi connectivity index (χ3v) is 7.66. The highest BCUT2D eigenvalue weighted by atomic mass is 35.5. The van der Waals surface area contributed by atoms with Crippen molar-refractivity contribution in [2.45, 2.75) is 17.4 Å². The van der Waals surface area contributed by atoms with Gasteiger partial charge in [0.1, 0.15) is 5.82 Å². The fourth-order valence-electron chi connectivity index (χ4n) is 2.77. The van der Waals surface area contributed by atoms with Gasteiger partial charge in [0, 0.05) is 16.6 Å². The second-order valence-corrected chi connectivity index (χ2v) is 10.7. The van der Waals surface area contributed by atoms with E-state index < -0.39 is 37.6 Å². The number of nitrogens with one attached hydrogen (secondary N) is 2. The lowest BCUT2D eigenvalue weighted by Gasteiger charge is -2.12. The summed E-state index contributed by atoms with van der Waals surface area (Å²) in [6, 6.07) is 8.18. The first-order chi connectivity index (χ1) is 13.1. The van der Waals surface area contributed by atoms with Gasteiger partial charge in [-0.15, -0.1) is 0 Å². The summed E-state index contributed by atoms with van der Waals surface area (Å²) in [6.45, 7) is 0. The van der Waals surface area contributed by atoms with Crippen LogP contribution in [0.25, 0.3) is 0 Å². The Labute approximate surface area is 166 Å². The highest BCUT2D eigenvalue weighted by molar-refractivity contribution is 7.92. The second kappa shape index (κ2) is 7.78. The molecule has 1 unspecified atom stereocenters. The summed E-state index contributed by atoms with van der Waals surface area (Å²) in [5.74, 6) is -1.77. The summed E-state index contributed by atoms with van der Waals surface area (Å²) >= 11 is 5.66. The second-order valence-electron chi connectivity index (χ2n) is 6.33. The Morgan fingerprint density at radius 2 is 1.93 bits per heavy atom. The number of anilines is 1. The van der Waals surface area contributed by atoms with E-state index in [1.54, 1.807) is 0 Å². The van der Waals surface area contributed by atoms with Gasteiger partial charge >= 0.3 is 0 Å². The third kappa shape index (κ3) is 4.88. The zero-order valence-electron chi connectivity index (χ0n) is 14.4. The van der Waals surface area contributed by atoms with Gasteiger partial charge in [-0.05, 0) is 42.8 Å². The summed E-state index contributed by atoms with van der Waals surface area (Å²) in [5.41, 5.74) is -0.104. The number of sulfonamides is 1. The first-order valence-corrected chi connectivity index (χ1v) is 11.8. The molecular formula is C17H16ClFN2O5S2. The van der Waals surface area contributed by atoms with E-state index >= 15 is 0 Å². The van der Waals surface area contributed by atoms with E-state index in [0.29, 0.717) is 0 Å². The summed E-state index contributed by atoms with van der Waals surface area (Å²) in [4.78, 5) is 12.2. The minimum absolute atomic E-state index is 0.00346. The molecule has 0 radical (unpaired) electrons. The monoisotopic (exact) mass is 446 g/mol. The highest BCUT2D eigenvalue weighted by Crippen LogP contribution is 2.21. The van der Waals surface area contributed by atoms with Crippen molar-refractivity contribution in [1.29, 1.82) is 0 Å². The molecule has 0 aromatic heterocycles. The molecule has 11 heteroatoms. The minimum Gasteiger partial charge on any atom is -0.319 e. The smallest absolute Gasteiger partial charge is 0.255 e. The molecule has 1 fully saturated rings. The average molecular weight is 447 g/mol. The Morgan fingerprint density at radius 1 is 1.18 bits per heavy atom. The van der Waals surface area contributed by atoms with Gasteiger partial charge in [0.25, 0.3) is 5.91 Å². The van der Waals surface area contributed by atoms with Crippen LogP contribution in [0.15, 0.2) is 47.4 Å². The predicted octanol–water partition coefficient (Wildman–Crippen LogP) is 2.20. The lowest BCUT2D eigenvalue weighted by Crippen LogP contribution is -2.35. The number of carbonyl (C=O) groups excluding carboxylic acids is 1. The molecule has 150 valence electrons. The van der Waals surface area contributed by atoms with Crippen molar-refractivity contribution in [3.63, 3.8) is 0 Å². The topological polar surface area (TPSA) is 109 Å². The molecule has 1 atom stereocenters. The quantitative estimate of drug-likeness (QED) is 0.731. The van der Waals surface area contributed by atoms with Crippen LogP contribution in [0.2, 0.25) is 5.02 Å². The number of amides is 1. The van der Waals surface area contributed by atoms with Crippen LogP contribution in [0.3, 0.4) is 0 Å². The fraction of sp³-hybridized carbons (Fsp3) is 0.235. The van der Waals surface area contributed by atoms with Crippen molar-refractivity contribution in [2.75, 3.05) is 16.8 Å². The number of halogens is 2. The summed E-state index contributed by atoms with van der Waals surface area (Å²) < 4.78 is 64.2. The van der Waals surface area contributed by atoms with E-state index in [-0.39, 0.29) is 39.1 Å². The Hall–Kier alpha value is -2.01. The molecule has 7 nitrogen and oxygen atoms in total. The van der Waals surface area contributed by atoms with Crippen LogP contribution in [-0.2, 0) is 19.9 Å². The number of carbonyl (C=O) groups is 1. The van der Waals surface area contributed by atoms with Crippen molar-refractivity contribution in [1.82, 2.24) is 4.72 Å². The standard InChI is InChI=1S/C17H16ClFN2O5S2/c18-12-4-5-16(15(19)9-12)20-17(22)11-2-1-3-14(8-11)28(25,26)21-13-6-7-27(23,24)10-13/h1-5,8-9,13,21H,6-7,10H2,(H,20,22). The van der Waals surface area contributed by atoms with Gasteiger partial charge in [0.05, 0.1) is 22.1 Å². The van der Waals surface area contributed by atoms with Crippen LogP contribution < -0.4 is 10.0 Å². The van der Waals surface area contributed by atoms with Crippen LogP contribution in [0.1, 0.15) is 16.8 Å². The first kappa shape index (κ1) is 20.7. The lowest BCUT2D eigenvalue weighted by molar-refractivity contribution is 0.102. The summed E-state index contributed by atoms with van der Waals surface area (Å²) in [6.07, 6.45) is 0.192. The van der Waals surface area contributed by atoms with Crippen LogP contribution in [0, 0.1) is 5.82 Å². The largest absolute Gasteiger partial charge is 0.319 e. The van der Waals surface area contributed by atoms with Gasteiger partial charge in [-0.1, -0.05) is 17.7 Å². The Kier molecular flexibility index (Phi) is 5.76. The van der Waals surface area contributed by atoms with Gasteiger partial charge in [-0.3, -0.25) is 4.79 Å². The number of hydrogen-bond donors (Lipinski definition) is 2. The highest BCUT2D eigenvalue weighted by Gasteiger charge is 2.31. The molecule has 0 spiro atoms. The molecule has 0 bridgehead atoms. The van der Waals surface area contributed by atoms with Crippen molar-refractivity contribution < 1.29 is 26.0 Å². The summed E-state index contributed by atoms with van der Waals surface area (Å²) in [7, 11) is -7.27. The molecule has 2 aromatic carbocycles. The van der Waals surface area contributed by atoms with E-state index in [0.717, 1.165) is 12.1 Å². The predicted molar refractivity (Wildman–Crippen MR) is 103 cm³/mol. The zero-order chi connectivity index (χ0) is 20.5. The SMILES string of the molecule is O=C(Nc1ccc(Cl)cc1F)c1cccc(S(=O)(=O)NC2CCS(=O)(=O)C2)c1. The van der Waals surface area contributed by atoms with Crippen molar-refractivity contribution in [3.8, 4) is 0 Å². The van der Waals surface area contributed by atoms with Crippen LogP contribution in [0.4, 0.5) is 10.1 Å². The molecular weight excluding hydrogens is 431 g/mol. The molecule has 0 saturated carbocycles. The van der Waals surface area contributed by atoms with Gasteiger partial charge < -0.3 is 5.32 Å². The van der Waals surface area contributed by atoms with Crippen molar-refractivity contribution in [2.24, 2.45) is 0 Å². The minimum atomic E-state index is -4.02. The third-order valence-electron chi connectivity index (χ3n) is 4.14. The van der Waals surface area contributed by atoms with E-state index in [9.17, 15) is 26.0 Å². The molecule has 1 amide bonds. The first-order valence-electron chi connectivity index (χ1n) is 8.15. The average Bonchev–Trinajstić information content (AvgIpc) is 2.95. The number of hydrogen-bond acceptors (Lipinski definition) is 5. The number of sulfone groups is 1. The summed E-state index contributed by atoms with van der Waals surface area (Å²) in [5, 5.41) is 2.52. The molecule has 1 aliphatic heterocycles. The molecule has 1 saturated heterocycles. The van der Waals surface area contributed by atoms with Crippen LogP contribution in [-0.4, -0.2) is 40.3 Å². The van der Waals surface area contributed by atoms with Crippen molar-refractivity contribution in [3.05, 3.63) is 58.9 Å². The van der Waals surface area contributed by atoms with Crippen LogP contribution >= 0.6 is 11.6 Å². The molecule has 0 aliphatic carbocycles. The zero-order valence-corrected chi connectivity index (χ0v) is 16.7. The van der Waals surface area contributed by atoms with E-state index in [1.807, 2.05) is 0 Å². The van der Waals surface area contributed by atoms with Gasteiger partial charge in [0.15, 0.2) is 9.84 Å². The Morgan fingerprint density at radius 3 is 2.57 bits per heavy atom. The Balaban J connectivity index is 1.78. The molecule has 1 heterocycles. The molecule has 28 heavy (non-hydrogen) atoms. The fourth-order valence-corrected chi connectivity index (χ4v) is 6.02. The molecule has 1 aliphatic rings. The number of benzene rings is 2. The van der Waals surface area contributed by atoms with Crippen molar-refractivity contribution >= 4 is 43.1 Å². The van der Waals surface area contributed by atoms with E-state index in [2.05, 4.69) is 10.0 Å². The van der Waals surface area contributed by atoms with E-state index in [4.69, 9.17) is 11.6 Å². The van der Waals surface area contributed by atoms with Gasteiger partial charge in [0.2, 0.25) is 10.0 Å². The lowest BCUT2D eigenvalue weighted by atomic mass is 10.2. The maximum Gasteiger partial charge on any atom is 0.255 e. The maximum atomic E-state index is 13.8. The van der Waals surface area contributed by atoms with Crippen LogP contribution in [0.5, 0.6) is 0 Å². The molecule has 2 aromatic rings. The molecule has 3 rings (SSSR count). The van der Waals surface area contributed by atoms with E-state index in [1.165, 1.54) is 30.3 Å². The number of rotatable bonds is 5. The normalized spacial score (nSPS) is 18.7. The van der Waals surface area contributed by atoms with Gasteiger partial charge in [-0.25, -0.2) is 25.9 Å². The maximum absolute atomic E-state index is 13.8. The molecule has 2 N–H and O–H groups in total. The Bertz CT molecular complexity index is 1140.